The summed E-state index contributed by atoms with van der Waals surface area (Å²) in [5.74, 6) is 1.28. The van der Waals surface area contributed by atoms with Crippen LogP contribution in [-0.2, 0) is 17.8 Å². The number of nitrogens with one attached hydrogen (secondary N) is 1. The predicted molar refractivity (Wildman–Crippen MR) is 146 cm³/mol. The fraction of sp³-hybridized carbons (Fsp3) is 0.429. The molecule has 9 heteroatoms. The summed E-state index contributed by atoms with van der Waals surface area (Å²) in [4.78, 5) is 32.4. The van der Waals surface area contributed by atoms with Gasteiger partial charge in [0, 0.05) is 36.7 Å². The summed E-state index contributed by atoms with van der Waals surface area (Å²) in [6, 6.07) is 6.12. The van der Waals surface area contributed by atoms with E-state index in [4.69, 9.17) is 9.72 Å². The van der Waals surface area contributed by atoms with Gasteiger partial charge < -0.3 is 15.0 Å². The number of hydrogen-bond acceptors (Lipinski definition) is 7. The lowest BCUT2D eigenvalue weighted by atomic mass is 9.94. The standard InChI is InChI=1S/C28H33N5O3S/c1-18(2)7-9-21(34)6-5-11-32-17-20(16-29-32)19-8-10-24-23(14-19)33(12-13-36-24)27-30-22-15-28(3,4)31-26(35)25(22)37-27/h7-10,14,16-18H,5-6,11-13,15H2,1-4H3,(H,31,35)/b9-7+. The molecule has 37 heavy (non-hydrogen) atoms. The lowest BCUT2D eigenvalue weighted by Gasteiger charge is -2.29. The quantitative estimate of drug-likeness (QED) is 0.414. The van der Waals surface area contributed by atoms with Crippen LogP contribution in [0.1, 0.15) is 55.9 Å². The first-order chi connectivity index (χ1) is 17.7. The Morgan fingerprint density at radius 3 is 2.95 bits per heavy atom. The first-order valence-corrected chi connectivity index (χ1v) is 13.6. The van der Waals surface area contributed by atoms with Gasteiger partial charge in [-0.25, -0.2) is 4.98 Å². The third-order valence-electron chi connectivity index (χ3n) is 6.45. The maximum Gasteiger partial charge on any atom is 0.263 e. The zero-order chi connectivity index (χ0) is 26.2. The molecule has 2 aliphatic heterocycles. The van der Waals surface area contributed by atoms with Gasteiger partial charge in [-0.1, -0.05) is 37.3 Å². The Kier molecular flexibility index (Phi) is 6.90. The Morgan fingerprint density at radius 2 is 2.14 bits per heavy atom. The minimum atomic E-state index is -0.302. The summed E-state index contributed by atoms with van der Waals surface area (Å²) in [6.45, 7) is 10.1. The number of aromatic nitrogens is 3. The van der Waals surface area contributed by atoms with Gasteiger partial charge in [-0.05, 0) is 50.0 Å². The first-order valence-electron chi connectivity index (χ1n) is 12.8. The SMILES string of the molecule is CC(C)/C=C/C(=O)CCCn1cc(-c2ccc3c(c2)N(c2nc4c(s2)C(=O)NC(C)(C)C4)CCO3)cn1. The van der Waals surface area contributed by atoms with E-state index in [-0.39, 0.29) is 17.2 Å². The number of rotatable bonds is 8. The van der Waals surface area contributed by atoms with Crippen molar-refractivity contribution in [3.8, 4) is 16.9 Å². The van der Waals surface area contributed by atoms with Crippen molar-refractivity contribution in [2.45, 2.75) is 59.0 Å². The third-order valence-corrected chi connectivity index (χ3v) is 7.57. The number of benzene rings is 1. The van der Waals surface area contributed by atoms with Crippen molar-refractivity contribution < 1.29 is 14.3 Å². The molecule has 0 unspecified atom stereocenters. The zero-order valence-corrected chi connectivity index (χ0v) is 22.6. The molecule has 4 heterocycles. The number of anilines is 2. The number of ketones is 1. The van der Waals surface area contributed by atoms with E-state index in [1.165, 1.54) is 11.3 Å². The Bertz CT molecular complexity index is 1350. The van der Waals surface area contributed by atoms with Crippen LogP contribution in [0, 0.1) is 5.92 Å². The van der Waals surface area contributed by atoms with Crippen molar-refractivity contribution >= 4 is 33.8 Å². The summed E-state index contributed by atoms with van der Waals surface area (Å²) < 4.78 is 7.82. The molecule has 0 saturated carbocycles. The smallest absolute Gasteiger partial charge is 0.263 e. The number of allylic oxidation sites excluding steroid dienone is 2. The molecule has 1 N–H and O–H groups in total. The molecule has 0 spiro atoms. The number of carbonyl (C=O) groups excluding carboxylic acids is 2. The van der Waals surface area contributed by atoms with Crippen LogP contribution in [0.4, 0.5) is 10.8 Å². The van der Waals surface area contributed by atoms with Gasteiger partial charge in [0.2, 0.25) is 0 Å². The average molecular weight is 520 g/mol. The minimum absolute atomic E-state index is 0.0534. The van der Waals surface area contributed by atoms with Crippen LogP contribution in [0.3, 0.4) is 0 Å². The normalized spacial score (nSPS) is 16.5. The first kappa shape index (κ1) is 25.2. The highest BCUT2D eigenvalue weighted by Gasteiger charge is 2.34. The van der Waals surface area contributed by atoms with Gasteiger partial charge in [0.15, 0.2) is 10.9 Å². The number of fused-ring (bicyclic) bond motifs is 2. The Labute approximate surface area is 221 Å². The second-order valence-corrected chi connectivity index (χ2v) is 11.6. The number of amides is 1. The van der Waals surface area contributed by atoms with Crippen LogP contribution in [0.15, 0.2) is 42.7 Å². The van der Waals surface area contributed by atoms with Crippen LogP contribution in [0.2, 0.25) is 0 Å². The third kappa shape index (κ3) is 5.61. The van der Waals surface area contributed by atoms with Crippen molar-refractivity contribution in [1.82, 2.24) is 20.1 Å². The monoisotopic (exact) mass is 519 g/mol. The lowest BCUT2D eigenvalue weighted by molar-refractivity contribution is -0.114. The maximum absolute atomic E-state index is 12.6. The molecule has 194 valence electrons. The van der Waals surface area contributed by atoms with Crippen molar-refractivity contribution in [2.24, 2.45) is 5.92 Å². The fourth-order valence-corrected chi connectivity index (χ4v) is 5.63. The largest absolute Gasteiger partial charge is 0.490 e. The van der Waals surface area contributed by atoms with Gasteiger partial charge in [-0.15, -0.1) is 0 Å². The summed E-state index contributed by atoms with van der Waals surface area (Å²) in [5, 5.41) is 8.39. The van der Waals surface area contributed by atoms with Gasteiger partial charge >= 0.3 is 0 Å². The molecule has 1 amide bonds. The lowest BCUT2D eigenvalue weighted by Crippen LogP contribution is -2.48. The molecular formula is C28H33N5O3S. The number of nitrogens with zero attached hydrogens (tertiary/aromatic N) is 4. The van der Waals surface area contributed by atoms with Crippen molar-refractivity contribution in [3.63, 3.8) is 0 Å². The van der Waals surface area contributed by atoms with Crippen LogP contribution in [0.5, 0.6) is 5.75 Å². The maximum atomic E-state index is 12.6. The second kappa shape index (κ2) is 10.1. The summed E-state index contributed by atoms with van der Waals surface area (Å²) in [5.41, 5.74) is 3.52. The highest BCUT2D eigenvalue weighted by Crippen LogP contribution is 2.42. The molecule has 1 aromatic carbocycles. The molecular weight excluding hydrogens is 486 g/mol. The molecule has 5 rings (SSSR count). The van der Waals surface area contributed by atoms with E-state index in [9.17, 15) is 9.59 Å². The van der Waals surface area contributed by atoms with E-state index in [2.05, 4.69) is 35.2 Å². The van der Waals surface area contributed by atoms with Crippen molar-refractivity contribution in [1.29, 1.82) is 0 Å². The van der Waals surface area contributed by atoms with E-state index in [0.29, 0.717) is 43.3 Å². The van der Waals surface area contributed by atoms with E-state index < -0.39 is 0 Å². The molecule has 0 saturated heterocycles. The number of aryl methyl sites for hydroxylation is 1. The number of ether oxygens (including phenoxy) is 1. The van der Waals surface area contributed by atoms with Gasteiger partial charge in [-0.3, -0.25) is 14.3 Å². The van der Waals surface area contributed by atoms with Crippen LogP contribution in [-0.4, -0.2) is 45.1 Å². The van der Waals surface area contributed by atoms with Crippen LogP contribution < -0.4 is 15.0 Å². The molecule has 2 aliphatic rings. The minimum Gasteiger partial charge on any atom is -0.490 e. The number of thiazole rings is 1. The van der Waals surface area contributed by atoms with Gasteiger partial charge in [0.25, 0.3) is 5.91 Å². The Morgan fingerprint density at radius 1 is 1.30 bits per heavy atom. The van der Waals surface area contributed by atoms with E-state index in [0.717, 1.165) is 39.8 Å². The number of hydrogen-bond donors (Lipinski definition) is 1. The van der Waals surface area contributed by atoms with E-state index >= 15 is 0 Å². The highest BCUT2D eigenvalue weighted by atomic mass is 32.1. The molecule has 2 aromatic heterocycles. The van der Waals surface area contributed by atoms with Gasteiger partial charge in [0.1, 0.15) is 17.2 Å². The summed E-state index contributed by atoms with van der Waals surface area (Å²) in [6.07, 6.45) is 9.45. The Balaban J connectivity index is 1.32. The number of carbonyl (C=O) groups is 2. The van der Waals surface area contributed by atoms with Crippen molar-refractivity contribution in [2.75, 3.05) is 18.1 Å². The molecule has 0 atom stereocenters. The highest BCUT2D eigenvalue weighted by molar-refractivity contribution is 7.17. The average Bonchev–Trinajstić information content (AvgIpc) is 3.49. The molecule has 8 nitrogen and oxygen atoms in total. The van der Waals surface area contributed by atoms with Crippen molar-refractivity contribution in [3.05, 3.63) is 53.3 Å². The van der Waals surface area contributed by atoms with Gasteiger partial charge in [-0.2, -0.15) is 5.10 Å². The predicted octanol–water partition coefficient (Wildman–Crippen LogP) is 5.16. The molecule has 0 aliphatic carbocycles. The fourth-order valence-electron chi connectivity index (χ4n) is 4.61. The van der Waals surface area contributed by atoms with Crippen LogP contribution in [0.25, 0.3) is 11.1 Å². The Hall–Kier alpha value is -3.46. The molecule has 0 bridgehead atoms. The summed E-state index contributed by atoms with van der Waals surface area (Å²) >= 11 is 1.43. The molecule has 3 aromatic rings. The van der Waals surface area contributed by atoms with E-state index in [1.807, 2.05) is 49.1 Å². The molecule has 0 fully saturated rings. The van der Waals surface area contributed by atoms with Gasteiger partial charge in [0.05, 0.1) is 24.1 Å². The van der Waals surface area contributed by atoms with E-state index in [1.54, 1.807) is 6.08 Å². The zero-order valence-electron chi connectivity index (χ0n) is 21.8. The van der Waals surface area contributed by atoms with Crippen LogP contribution >= 0.6 is 11.3 Å². The topological polar surface area (TPSA) is 89.4 Å². The molecule has 0 radical (unpaired) electrons. The second-order valence-electron chi connectivity index (χ2n) is 10.6. The summed E-state index contributed by atoms with van der Waals surface area (Å²) in [7, 11) is 0.